The van der Waals surface area contributed by atoms with Crippen molar-refractivity contribution in [2.45, 2.75) is 56.0 Å². The number of anilines is 1. The van der Waals surface area contributed by atoms with Crippen molar-refractivity contribution < 1.29 is 17.9 Å². The second-order valence-electron chi connectivity index (χ2n) is 7.26. The third kappa shape index (κ3) is 5.28. The van der Waals surface area contributed by atoms with Gasteiger partial charge in [-0.2, -0.15) is 4.31 Å². The molecule has 0 radical (unpaired) electrons. The van der Waals surface area contributed by atoms with Crippen molar-refractivity contribution in [2.24, 2.45) is 0 Å². The number of ether oxygens (including phenoxy) is 1. The molecule has 2 aliphatic rings. The number of rotatable bonds is 6. The van der Waals surface area contributed by atoms with Gasteiger partial charge in [0, 0.05) is 24.8 Å². The molecule has 1 amide bonds. The molecule has 8 heteroatoms. The maximum atomic E-state index is 12.8. The molecule has 1 atom stereocenters. The maximum Gasteiger partial charge on any atom is 0.243 e. The molecule has 1 heterocycles. The summed E-state index contributed by atoms with van der Waals surface area (Å²) in [5.41, 5.74) is 0.492. The average molecular weight is 396 g/mol. The molecule has 27 heavy (non-hydrogen) atoms. The number of benzene rings is 1. The van der Waals surface area contributed by atoms with Crippen molar-refractivity contribution >= 4 is 21.6 Å². The van der Waals surface area contributed by atoms with Gasteiger partial charge in [-0.3, -0.25) is 4.79 Å². The lowest BCUT2D eigenvalue weighted by Gasteiger charge is -2.27. The maximum absolute atomic E-state index is 12.8. The first-order valence-electron chi connectivity index (χ1n) is 9.72. The molecule has 7 nitrogen and oxygen atoms in total. The number of carbonyl (C=O) groups is 1. The molecule has 1 saturated heterocycles. The summed E-state index contributed by atoms with van der Waals surface area (Å²) < 4.78 is 32.2. The van der Waals surface area contributed by atoms with E-state index in [1.165, 1.54) is 29.6 Å². The molecule has 1 saturated carbocycles. The summed E-state index contributed by atoms with van der Waals surface area (Å²) in [6.07, 6.45) is 5.87. The minimum Gasteiger partial charge on any atom is -0.379 e. The molecule has 1 aromatic carbocycles. The summed E-state index contributed by atoms with van der Waals surface area (Å²) >= 11 is 0. The fourth-order valence-electron chi connectivity index (χ4n) is 3.62. The Kier molecular flexibility index (Phi) is 6.86. The molecular formula is C19H29N3O4S. The smallest absolute Gasteiger partial charge is 0.243 e. The average Bonchev–Trinajstić information content (AvgIpc) is 2.69. The number of hydrogen-bond acceptors (Lipinski definition) is 5. The summed E-state index contributed by atoms with van der Waals surface area (Å²) in [4.78, 5) is 12.7. The zero-order chi connectivity index (χ0) is 19.3. The van der Waals surface area contributed by atoms with Crippen LogP contribution < -0.4 is 10.6 Å². The van der Waals surface area contributed by atoms with Gasteiger partial charge in [0.25, 0.3) is 0 Å². The number of nitrogens with zero attached hydrogens (tertiary/aromatic N) is 1. The lowest BCUT2D eigenvalue weighted by molar-refractivity contribution is -0.118. The zero-order valence-electron chi connectivity index (χ0n) is 15.8. The lowest BCUT2D eigenvalue weighted by Crippen LogP contribution is -2.44. The first-order chi connectivity index (χ1) is 13.0. The van der Waals surface area contributed by atoms with Gasteiger partial charge in [0.2, 0.25) is 15.9 Å². The van der Waals surface area contributed by atoms with Crippen LogP contribution in [0.1, 0.15) is 39.0 Å². The molecule has 0 aromatic heterocycles. The summed E-state index contributed by atoms with van der Waals surface area (Å²) in [6.45, 7) is 3.35. The number of hydrogen-bond donors (Lipinski definition) is 2. The third-order valence-corrected chi connectivity index (χ3v) is 7.09. The Morgan fingerprint density at radius 1 is 1.19 bits per heavy atom. The number of sulfonamides is 1. The van der Waals surface area contributed by atoms with Crippen molar-refractivity contribution in [1.29, 1.82) is 0 Å². The highest BCUT2D eigenvalue weighted by molar-refractivity contribution is 7.89. The highest BCUT2D eigenvalue weighted by atomic mass is 32.2. The fraction of sp³-hybridized carbons (Fsp3) is 0.632. The summed E-state index contributed by atoms with van der Waals surface area (Å²) in [7, 11) is -3.58. The Morgan fingerprint density at radius 2 is 1.89 bits per heavy atom. The second-order valence-corrected chi connectivity index (χ2v) is 9.19. The standard InChI is InChI=1S/C19H29N3O4S/c1-15(20-16-6-3-2-4-7-16)19(23)21-17-8-5-9-18(14-17)27(24,25)22-10-12-26-13-11-22/h5,8-9,14-16,20H,2-4,6-7,10-13H2,1H3,(H,21,23)/t15-/m1/s1. The van der Waals surface area contributed by atoms with Crippen molar-refractivity contribution in [1.82, 2.24) is 9.62 Å². The van der Waals surface area contributed by atoms with Crippen LogP contribution in [0.2, 0.25) is 0 Å². The predicted molar refractivity (Wildman–Crippen MR) is 104 cm³/mol. The minimum atomic E-state index is -3.58. The van der Waals surface area contributed by atoms with E-state index in [0.29, 0.717) is 38.0 Å². The number of nitrogens with one attached hydrogen (secondary N) is 2. The number of amides is 1. The molecule has 0 spiro atoms. The quantitative estimate of drug-likeness (QED) is 0.769. The van der Waals surface area contributed by atoms with Crippen molar-refractivity contribution in [3.8, 4) is 0 Å². The van der Waals surface area contributed by atoms with Gasteiger partial charge in [-0.25, -0.2) is 8.42 Å². The summed E-state index contributed by atoms with van der Waals surface area (Å²) in [5.74, 6) is -0.151. The van der Waals surface area contributed by atoms with Crippen LogP contribution in [0.25, 0.3) is 0 Å². The van der Waals surface area contributed by atoms with Crippen LogP contribution in [-0.4, -0.2) is 57.0 Å². The van der Waals surface area contributed by atoms with E-state index >= 15 is 0 Å². The molecule has 1 aliphatic carbocycles. The predicted octanol–water partition coefficient (Wildman–Crippen LogP) is 1.96. The molecule has 2 fully saturated rings. The molecule has 1 aromatic rings. The minimum absolute atomic E-state index is 0.151. The van der Waals surface area contributed by atoms with E-state index in [1.807, 2.05) is 6.92 Å². The van der Waals surface area contributed by atoms with Crippen LogP contribution in [0.4, 0.5) is 5.69 Å². The van der Waals surface area contributed by atoms with Gasteiger partial charge in [-0.1, -0.05) is 25.3 Å². The third-order valence-electron chi connectivity index (χ3n) is 5.19. The van der Waals surface area contributed by atoms with Crippen molar-refractivity contribution in [2.75, 3.05) is 31.6 Å². The van der Waals surface area contributed by atoms with E-state index in [9.17, 15) is 13.2 Å². The van der Waals surface area contributed by atoms with Crippen LogP contribution in [0.15, 0.2) is 29.2 Å². The van der Waals surface area contributed by atoms with Gasteiger partial charge in [0.1, 0.15) is 0 Å². The SMILES string of the molecule is C[C@@H](NC1CCCCC1)C(=O)Nc1cccc(S(=O)(=O)N2CCOCC2)c1. The van der Waals surface area contributed by atoms with E-state index in [2.05, 4.69) is 10.6 Å². The molecule has 1 aliphatic heterocycles. The second kappa shape index (κ2) is 9.14. The summed E-state index contributed by atoms with van der Waals surface area (Å²) in [5, 5.41) is 6.22. The molecule has 0 bridgehead atoms. The van der Waals surface area contributed by atoms with Gasteiger partial charge in [0.15, 0.2) is 0 Å². The van der Waals surface area contributed by atoms with Crippen molar-refractivity contribution in [3.05, 3.63) is 24.3 Å². The number of morpholine rings is 1. The first-order valence-corrected chi connectivity index (χ1v) is 11.2. The van der Waals surface area contributed by atoms with Crippen LogP contribution in [0.3, 0.4) is 0 Å². The Bertz CT molecular complexity index is 741. The van der Waals surface area contributed by atoms with Crippen LogP contribution in [-0.2, 0) is 19.6 Å². The van der Waals surface area contributed by atoms with Gasteiger partial charge in [-0.05, 0) is 38.0 Å². The topological polar surface area (TPSA) is 87.7 Å². The lowest BCUT2D eigenvalue weighted by atomic mass is 9.95. The Morgan fingerprint density at radius 3 is 2.59 bits per heavy atom. The monoisotopic (exact) mass is 395 g/mol. The first kappa shape index (κ1) is 20.3. The highest BCUT2D eigenvalue weighted by Gasteiger charge is 2.27. The fourth-order valence-corrected chi connectivity index (χ4v) is 5.07. The molecular weight excluding hydrogens is 366 g/mol. The Labute approximate surface area is 161 Å². The highest BCUT2D eigenvalue weighted by Crippen LogP contribution is 2.21. The molecule has 3 rings (SSSR count). The van der Waals surface area contributed by atoms with E-state index in [4.69, 9.17) is 4.74 Å². The largest absolute Gasteiger partial charge is 0.379 e. The van der Waals surface area contributed by atoms with Crippen molar-refractivity contribution in [3.63, 3.8) is 0 Å². The van der Waals surface area contributed by atoms with E-state index < -0.39 is 10.0 Å². The normalized spacial score (nSPS) is 20.9. The van der Waals surface area contributed by atoms with Crippen LogP contribution in [0.5, 0.6) is 0 Å². The van der Waals surface area contributed by atoms with E-state index in [1.54, 1.807) is 18.2 Å². The van der Waals surface area contributed by atoms with Gasteiger partial charge in [0.05, 0.1) is 24.2 Å². The van der Waals surface area contributed by atoms with Crippen LogP contribution in [0, 0.1) is 0 Å². The Balaban J connectivity index is 1.63. The summed E-state index contributed by atoms with van der Waals surface area (Å²) in [6, 6.07) is 6.51. The van der Waals surface area contributed by atoms with Gasteiger partial charge < -0.3 is 15.4 Å². The van der Waals surface area contributed by atoms with Gasteiger partial charge in [-0.15, -0.1) is 0 Å². The van der Waals surface area contributed by atoms with E-state index in [0.717, 1.165) is 12.8 Å². The number of carbonyl (C=O) groups excluding carboxylic acids is 1. The molecule has 2 N–H and O–H groups in total. The molecule has 0 unspecified atom stereocenters. The van der Waals surface area contributed by atoms with Crippen LogP contribution >= 0.6 is 0 Å². The van der Waals surface area contributed by atoms with E-state index in [-0.39, 0.29) is 16.8 Å². The Hall–Kier alpha value is -1.48. The zero-order valence-corrected chi connectivity index (χ0v) is 16.6. The molecule has 150 valence electrons. The van der Waals surface area contributed by atoms with Gasteiger partial charge >= 0.3 is 0 Å².